The number of nitrogens with one attached hydrogen (secondary N) is 2. The minimum Gasteiger partial charge on any atom is -0.478 e. The third kappa shape index (κ3) is 4.34. The predicted molar refractivity (Wildman–Crippen MR) is 90.7 cm³/mol. The normalized spacial score (nSPS) is 10.3. The van der Waals surface area contributed by atoms with Crippen molar-refractivity contribution in [2.45, 2.75) is 0 Å². The van der Waals surface area contributed by atoms with Crippen molar-refractivity contribution in [2.24, 2.45) is 10.2 Å². The molecule has 0 atom stereocenters. The van der Waals surface area contributed by atoms with Gasteiger partial charge in [-0.15, -0.1) is 10.2 Å². The topological polar surface area (TPSA) is 123 Å². The molecule has 2 aromatic rings. The van der Waals surface area contributed by atoms with Gasteiger partial charge in [0.25, 0.3) is 0 Å². The molecule has 9 heteroatoms. The summed E-state index contributed by atoms with van der Waals surface area (Å²) >= 11 is 4.94. The first-order valence-corrected chi connectivity index (χ1v) is 7.02. The van der Waals surface area contributed by atoms with Crippen LogP contribution in [0.5, 0.6) is 0 Å². The van der Waals surface area contributed by atoms with Crippen LogP contribution in [0, 0.1) is 0 Å². The number of carbonyl (C=O) groups is 2. The SMILES string of the molecule is O=C(O)c1ccccc1N=NC(=S)NNc1ccccc1C(=O)O. The highest BCUT2D eigenvalue weighted by atomic mass is 32.1. The number of anilines is 1. The Balaban J connectivity index is 2.05. The van der Waals surface area contributed by atoms with E-state index in [1.54, 1.807) is 30.3 Å². The Morgan fingerprint density at radius 3 is 2.17 bits per heavy atom. The van der Waals surface area contributed by atoms with E-state index < -0.39 is 11.9 Å². The summed E-state index contributed by atoms with van der Waals surface area (Å²) in [5.74, 6) is -2.22. The van der Waals surface area contributed by atoms with Crippen molar-refractivity contribution in [1.82, 2.24) is 5.43 Å². The molecule has 0 bridgehead atoms. The second kappa shape index (κ2) is 7.79. The molecule has 0 aromatic heterocycles. The molecule has 24 heavy (non-hydrogen) atoms. The lowest BCUT2D eigenvalue weighted by Gasteiger charge is -2.09. The summed E-state index contributed by atoms with van der Waals surface area (Å²) in [5, 5.41) is 25.5. The van der Waals surface area contributed by atoms with E-state index in [2.05, 4.69) is 21.1 Å². The van der Waals surface area contributed by atoms with Gasteiger partial charge >= 0.3 is 11.9 Å². The third-order valence-electron chi connectivity index (χ3n) is 2.84. The molecule has 0 aliphatic rings. The number of thiocarbonyl (C=S) groups is 1. The molecule has 0 amide bonds. The molecule has 2 aromatic carbocycles. The highest BCUT2D eigenvalue weighted by Gasteiger charge is 2.10. The van der Waals surface area contributed by atoms with Gasteiger partial charge < -0.3 is 10.2 Å². The predicted octanol–water partition coefficient (Wildman–Crippen LogP) is 3.07. The smallest absolute Gasteiger partial charge is 0.337 e. The van der Waals surface area contributed by atoms with Gasteiger partial charge in [0.2, 0.25) is 5.11 Å². The third-order valence-corrected chi connectivity index (χ3v) is 3.03. The first-order chi connectivity index (χ1) is 11.5. The van der Waals surface area contributed by atoms with Crippen molar-refractivity contribution in [3.8, 4) is 0 Å². The maximum Gasteiger partial charge on any atom is 0.337 e. The van der Waals surface area contributed by atoms with E-state index in [4.69, 9.17) is 22.4 Å². The lowest BCUT2D eigenvalue weighted by molar-refractivity contribution is 0.0687. The molecular formula is C15H12N4O4S. The zero-order chi connectivity index (χ0) is 17.5. The lowest BCUT2D eigenvalue weighted by Crippen LogP contribution is -2.27. The molecule has 0 fully saturated rings. The summed E-state index contributed by atoms with van der Waals surface area (Å²) in [6.45, 7) is 0. The van der Waals surface area contributed by atoms with E-state index in [-0.39, 0.29) is 21.9 Å². The maximum absolute atomic E-state index is 11.1. The minimum atomic E-state index is -1.13. The molecule has 0 saturated carbocycles. The molecule has 0 spiro atoms. The summed E-state index contributed by atoms with van der Waals surface area (Å²) in [6.07, 6.45) is 0. The Morgan fingerprint density at radius 1 is 0.917 bits per heavy atom. The molecule has 122 valence electrons. The van der Waals surface area contributed by atoms with Crippen LogP contribution in [0.3, 0.4) is 0 Å². The molecule has 2 rings (SSSR count). The number of para-hydroxylation sites is 1. The number of azo groups is 1. The first-order valence-electron chi connectivity index (χ1n) is 6.61. The van der Waals surface area contributed by atoms with Gasteiger partial charge in [0.05, 0.1) is 16.8 Å². The summed E-state index contributed by atoms with van der Waals surface area (Å²) in [5.41, 5.74) is 5.65. The number of hydrogen-bond donors (Lipinski definition) is 4. The molecular weight excluding hydrogens is 332 g/mol. The minimum absolute atomic E-state index is 0.00627. The van der Waals surface area contributed by atoms with Crippen LogP contribution in [0.1, 0.15) is 20.7 Å². The molecule has 0 saturated heterocycles. The average Bonchev–Trinajstić information content (AvgIpc) is 2.58. The number of nitrogens with zero attached hydrogens (tertiary/aromatic N) is 2. The van der Waals surface area contributed by atoms with Crippen LogP contribution in [0.2, 0.25) is 0 Å². The fourth-order valence-corrected chi connectivity index (χ4v) is 1.86. The summed E-state index contributed by atoms with van der Waals surface area (Å²) < 4.78 is 0. The van der Waals surface area contributed by atoms with Gasteiger partial charge in [-0.05, 0) is 36.5 Å². The maximum atomic E-state index is 11.1. The molecule has 4 N–H and O–H groups in total. The zero-order valence-electron chi connectivity index (χ0n) is 12.1. The van der Waals surface area contributed by atoms with E-state index in [9.17, 15) is 9.59 Å². The number of hydrogen-bond acceptors (Lipinski definition) is 5. The van der Waals surface area contributed by atoms with Crippen molar-refractivity contribution in [3.05, 3.63) is 59.7 Å². The van der Waals surface area contributed by atoms with Crippen LogP contribution >= 0.6 is 12.2 Å². The van der Waals surface area contributed by atoms with Gasteiger partial charge in [0.1, 0.15) is 5.69 Å². The Bertz CT molecular complexity index is 823. The van der Waals surface area contributed by atoms with Crippen LogP contribution in [0.25, 0.3) is 0 Å². The number of hydrazine groups is 1. The van der Waals surface area contributed by atoms with Crippen molar-refractivity contribution >= 4 is 40.6 Å². The summed E-state index contributed by atoms with van der Waals surface area (Å²) in [4.78, 5) is 22.1. The summed E-state index contributed by atoms with van der Waals surface area (Å²) in [6, 6.07) is 12.3. The van der Waals surface area contributed by atoms with Gasteiger partial charge in [-0.25, -0.2) is 9.59 Å². The summed E-state index contributed by atoms with van der Waals surface area (Å²) in [7, 11) is 0. The van der Waals surface area contributed by atoms with Gasteiger partial charge in [0, 0.05) is 0 Å². The molecule has 0 radical (unpaired) electrons. The molecule has 0 unspecified atom stereocenters. The number of aromatic carboxylic acids is 2. The number of benzene rings is 2. The zero-order valence-corrected chi connectivity index (χ0v) is 12.9. The highest BCUT2D eigenvalue weighted by Crippen LogP contribution is 2.19. The highest BCUT2D eigenvalue weighted by molar-refractivity contribution is 7.80. The van der Waals surface area contributed by atoms with E-state index in [0.717, 1.165) is 0 Å². The van der Waals surface area contributed by atoms with Gasteiger partial charge in [-0.1, -0.05) is 24.3 Å². The molecule has 0 heterocycles. The van der Waals surface area contributed by atoms with Crippen LogP contribution in [-0.2, 0) is 0 Å². The van der Waals surface area contributed by atoms with Gasteiger partial charge in [-0.2, -0.15) is 0 Å². The van der Waals surface area contributed by atoms with E-state index in [1.807, 2.05) is 0 Å². The number of carboxylic acid groups (broad SMARTS) is 2. The van der Waals surface area contributed by atoms with Crippen molar-refractivity contribution in [1.29, 1.82) is 0 Å². The lowest BCUT2D eigenvalue weighted by atomic mass is 10.2. The fourth-order valence-electron chi connectivity index (χ4n) is 1.77. The van der Waals surface area contributed by atoms with E-state index >= 15 is 0 Å². The van der Waals surface area contributed by atoms with Crippen molar-refractivity contribution in [3.63, 3.8) is 0 Å². The monoisotopic (exact) mass is 344 g/mol. The average molecular weight is 344 g/mol. The molecule has 0 aliphatic carbocycles. The van der Waals surface area contributed by atoms with Gasteiger partial charge in [-0.3, -0.25) is 10.9 Å². The van der Waals surface area contributed by atoms with Gasteiger partial charge in [0.15, 0.2) is 0 Å². The van der Waals surface area contributed by atoms with Crippen molar-refractivity contribution in [2.75, 3.05) is 5.43 Å². The Kier molecular flexibility index (Phi) is 5.53. The van der Waals surface area contributed by atoms with E-state index in [1.165, 1.54) is 18.2 Å². The molecule has 8 nitrogen and oxygen atoms in total. The molecule has 0 aliphatic heterocycles. The second-order valence-corrected chi connectivity index (χ2v) is 4.81. The second-order valence-electron chi connectivity index (χ2n) is 4.43. The van der Waals surface area contributed by atoms with Crippen LogP contribution in [0.4, 0.5) is 11.4 Å². The van der Waals surface area contributed by atoms with E-state index in [0.29, 0.717) is 5.69 Å². The number of rotatable bonds is 5. The number of carboxylic acids is 2. The Labute approximate surface area is 141 Å². The standard InChI is InChI=1S/C15H12N4O4S/c20-13(21)9-5-1-3-7-11(9)16-18-15(24)19-17-12-8-4-2-6-10(12)14(22)23/h1-8,16H,(H,18,24)(H,20,21)(H,22,23). The fraction of sp³-hybridized carbons (Fsp3) is 0. The van der Waals surface area contributed by atoms with Crippen LogP contribution < -0.4 is 10.9 Å². The Morgan fingerprint density at radius 2 is 1.50 bits per heavy atom. The van der Waals surface area contributed by atoms with Crippen LogP contribution in [-0.4, -0.2) is 27.3 Å². The quantitative estimate of drug-likeness (QED) is 0.373. The van der Waals surface area contributed by atoms with Crippen molar-refractivity contribution < 1.29 is 19.8 Å². The largest absolute Gasteiger partial charge is 0.478 e. The first kappa shape index (κ1) is 17.0. The van der Waals surface area contributed by atoms with Crippen LogP contribution in [0.15, 0.2) is 58.8 Å². The Hall–Kier alpha value is -3.33.